The number of nitrogens with one attached hydrogen (secondary N) is 1. The summed E-state index contributed by atoms with van der Waals surface area (Å²) in [5, 5.41) is 13.4. The van der Waals surface area contributed by atoms with E-state index in [1.807, 2.05) is 18.2 Å². The third-order valence-electron chi connectivity index (χ3n) is 5.06. The molecule has 1 aliphatic carbocycles. The van der Waals surface area contributed by atoms with Crippen LogP contribution in [-0.4, -0.2) is 34.4 Å². The minimum Gasteiger partial charge on any atom is -0.441 e. The quantitative estimate of drug-likeness (QED) is 0.846. The van der Waals surface area contributed by atoms with Crippen molar-refractivity contribution in [2.45, 2.75) is 69.6 Å². The van der Waals surface area contributed by atoms with Gasteiger partial charge in [-0.2, -0.15) is 0 Å². The van der Waals surface area contributed by atoms with Gasteiger partial charge in [0.15, 0.2) is 0 Å². The third kappa shape index (κ3) is 4.44. The maximum absolute atomic E-state index is 11.6. The van der Waals surface area contributed by atoms with Gasteiger partial charge in [0.25, 0.3) is 0 Å². The number of pyridine rings is 1. The van der Waals surface area contributed by atoms with Gasteiger partial charge in [-0.3, -0.25) is 4.98 Å². The van der Waals surface area contributed by atoms with E-state index >= 15 is 0 Å². The predicted octanol–water partition coefficient (Wildman–Crippen LogP) is 2.82. The molecule has 0 bridgehead atoms. The molecule has 0 aromatic carbocycles. The molecule has 0 radical (unpaired) electrons. The van der Waals surface area contributed by atoms with E-state index in [1.54, 1.807) is 6.20 Å². The number of alkyl carbamates (subject to hydrolysis) is 1. The summed E-state index contributed by atoms with van der Waals surface area (Å²) in [5.41, 5.74) is 0.952. The molecule has 2 heterocycles. The lowest BCUT2D eigenvalue weighted by Crippen LogP contribution is -2.41. The van der Waals surface area contributed by atoms with E-state index in [1.165, 1.54) is 32.1 Å². The maximum Gasteiger partial charge on any atom is 0.407 e. The number of ether oxygens (including phenoxy) is 1. The van der Waals surface area contributed by atoms with E-state index in [2.05, 4.69) is 10.3 Å². The molecular formula is C18H26N2O3. The van der Waals surface area contributed by atoms with Crippen molar-refractivity contribution >= 4 is 6.09 Å². The van der Waals surface area contributed by atoms with E-state index < -0.39 is 18.3 Å². The summed E-state index contributed by atoms with van der Waals surface area (Å²) in [6, 6.07) is 5.70. The molecule has 2 fully saturated rings. The third-order valence-corrected chi connectivity index (χ3v) is 5.06. The first-order chi connectivity index (χ1) is 11.2. The molecule has 1 saturated heterocycles. The van der Waals surface area contributed by atoms with E-state index in [9.17, 15) is 9.90 Å². The molecule has 1 saturated carbocycles. The smallest absolute Gasteiger partial charge is 0.407 e. The zero-order valence-corrected chi connectivity index (χ0v) is 13.5. The molecule has 1 aliphatic heterocycles. The lowest BCUT2D eigenvalue weighted by Gasteiger charge is -2.27. The summed E-state index contributed by atoms with van der Waals surface area (Å²) in [6.45, 7) is 0. The minimum absolute atomic E-state index is 0.0654. The van der Waals surface area contributed by atoms with E-state index in [0.29, 0.717) is 18.8 Å². The molecule has 126 valence electrons. The Kier molecular flexibility index (Phi) is 5.49. The molecule has 1 amide bonds. The summed E-state index contributed by atoms with van der Waals surface area (Å²) >= 11 is 0. The van der Waals surface area contributed by atoms with Crippen molar-refractivity contribution in [2.75, 3.05) is 0 Å². The number of amides is 1. The van der Waals surface area contributed by atoms with Crippen LogP contribution in [0.25, 0.3) is 0 Å². The summed E-state index contributed by atoms with van der Waals surface area (Å²) in [5.74, 6) is 0.640. The molecule has 2 aliphatic rings. The number of cyclic esters (lactones) is 1. The zero-order chi connectivity index (χ0) is 16.1. The van der Waals surface area contributed by atoms with Crippen LogP contribution in [0.15, 0.2) is 24.4 Å². The van der Waals surface area contributed by atoms with Gasteiger partial charge in [0, 0.05) is 11.9 Å². The Morgan fingerprint density at radius 1 is 1.30 bits per heavy atom. The van der Waals surface area contributed by atoms with Gasteiger partial charge >= 0.3 is 6.09 Å². The Balaban J connectivity index is 1.54. The highest BCUT2D eigenvalue weighted by molar-refractivity contribution is 5.70. The number of aryl methyl sites for hydroxylation is 1. The Bertz CT molecular complexity index is 502. The van der Waals surface area contributed by atoms with Gasteiger partial charge in [0.1, 0.15) is 6.10 Å². The normalized spacial score (nSPS) is 26.6. The number of hydrogen-bond acceptors (Lipinski definition) is 4. The number of rotatable bonds is 6. The molecule has 2 N–H and O–H groups in total. The molecule has 1 aromatic rings. The number of carbonyl (C=O) groups is 1. The Morgan fingerprint density at radius 2 is 2.13 bits per heavy atom. The van der Waals surface area contributed by atoms with Crippen molar-refractivity contribution in [3.05, 3.63) is 30.1 Å². The highest BCUT2D eigenvalue weighted by Gasteiger charge is 2.39. The van der Waals surface area contributed by atoms with Gasteiger partial charge in [-0.1, -0.05) is 38.2 Å². The largest absolute Gasteiger partial charge is 0.441 e. The average Bonchev–Trinajstić information content (AvgIpc) is 2.95. The summed E-state index contributed by atoms with van der Waals surface area (Å²) in [4.78, 5) is 15.9. The van der Waals surface area contributed by atoms with Gasteiger partial charge < -0.3 is 15.2 Å². The predicted molar refractivity (Wildman–Crippen MR) is 86.9 cm³/mol. The van der Waals surface area contributed by atoms with Crippen molar-refractivity contribution in [3.63, 3.8) is 0 Å². The van der Waals surface area contributed by atoms with Crippen LogP contribution in [0, 0.1) is 5.92 Å². The van der Waals surface area contributed by atoms with Gasteiger partial charge in [-0.15, -0.1) is 0 Å². The Hall–Kier alpha value is -1.62. The maximum atomic E-state index is 11.6. The molecule has 5 nitrogen and oxygen atoms in total. The van der Waals surface area contributed by atoms with Crippen LogP contribution in [0.4, 0.5) is 4.79 Å². The molecule has 0 spiro atoms. The molecule has 3 atom stereocenters. The van der Waals surface area contributed by atoms with E-state index in [-0.39, 0.29) is 6.04 Å². The fourth-order valence-electron chi connectivity index (χ4n) is 3.80. The van der Waals surface area contributed by atoms with Crippen LogP contribution >= 0.6 is 0 Å². The number of hydrogen-bond donors (Lipinski definition) is 2. The first-order valence-corrected chi connectivity index (χ1v) is 8.77. The van der Waals surface area contributed by atoms with E-state index in [4.69, 9.17) is 4.74 Å². The summed E-state index contributed by atoms with van der Waals surface area (Å²) in [6.07, 6.45) is 8.75. The first-order valence-electron chi connectivity index (χ1n) is 8.77. The minimum atomic E-state index is -0.649. The molecule has 1 aromatic heterocycles. The van der Waals surface area contributed by atoms with E-state index in [0.717, 1.165) is 12.1 Å². The summed E-state index contributed by atoms with van der Waals surface area (Å²) in [7, 11) is 0. The molecular weight excluding hydrogens is 292 g/mol. The van der Waals surface area contributed by atoms with Gasteiger partial charge in [-0.05, 0) is 37.3 Å². The monoisotopic (exact) mass is 318 g/mol. The van der Waals surface area contributed by atoms with Crippen molar-refractivity contribution in [3.8, 4) is 0 Å². The standard InChI is InChI=1S/C18H26N2O3/c21-16(10-9-14-8-4-5-11-19-14)17-15(20-18(22)23-17)12-13-6-2-1-3-7-13/h4-5,8,11,13,15-17,21H,1-3,6-7,9-10,12H2,(H,20,22)/t15?,16-,17?/m1/s1. The zero-order valence-electron chi connectivity index (χ0n) is 13.5. The number of carbonyl (C=O) groups excluding carboxylic acids is 1. The SMILES string of the molecule is O=C1NC(CC2CCCCC2)C([C@H](O)CCc2ccccn2)O1. The van der Waals surface area contributed by atoms with Crippen LogP contribution < -0.4 is 5.32 Å². The van der Waals surface area contributed by atoms with Crippen molar-refractivity contribution in [2.24, 2.45) is 5.92 Å². The second-order valence-electron chi connectivity index (χ2n) is 6.79. The van der Waals surface area contributed by atoms with Gasteiger partial charge in [0.2, 0.25) is 0 Å². The second-order valence-corrected chi connectivity index (χ2v) is 6.79. The summed E-state index contributed by atoms with van der Waals surface area (Å²) < 4.78 is 5.35. The number of aliphatic hydroxyl groups is 1. The number of aromatic nitrogens is 1. The fraction of sp³-hybridized carbons (Fsp3) is 0.667. The fourth-order valence-corrected chi connectivity index (χ4v) is 3.80. The number of nitrogens with zero attached hydrogens (tertiary/aromatic N) is 1. The van der Waals surface area contributed by atoms with Crippen LogP contribution in [0.5, 0.6) is 0 Å². The Labute approximate surface area is 137 Å². The van der Waals surface area contributed by atoms with Crippen LogP contribution in [0.3, 0.4) is 0 Å². The lowest BCUT2D eigenvalue weighted by molar-refractivity contribution is 0.0105. The molecule has 5 heteroatoms. The van der Waals surface area contributed by atoms with Crippen LogP contribution in [0.1, 0.15) is 50.6 Å². The van der Waals surface area contributed by atoms with Gasteiger partial charge in [-0.25, -0.2) is 4.79 Å². The number of aliphatic hydroxyl groups excluding tert-OH is 1. The molecule has 2 unspecified atom stereocenters. The second kappa shape index (κ2) is 7.77. The van der Waals surface area contributed by atoms with Crippen molar-refractivity contribution in [1.82, 2.24) is 10.3 Å². The molecule has 3 rings (SSSR count). The van der Waals surface area contributed by atoms with Gasteiger partial charge in [0.05, 0.1) is 12.1 Å². The van der Waals surface area contributed by atoms with Crippen molar-refractivity contribution in [1.29, 1.82) is 0 Å². The highest BCUT2D eigenvalue weighted by atomic mass is 16.6. The van der Waals surface area contributed by atoms with Crippen molar-refractivity contribution < 1.29 is 14.6 Å². The highest BCUT2D eigenvalue weighted by Crippen LogP contribution is 2.30. The lowest BCUT2D eigenvalue weighted by atomic mass is 9.83. The molecule has 23 heavy (non-hydrogen) atoms. The average molecular weight is 318 g/mol. The first kappa shape index (κ1) is 16.2. The van der Waals surface area contributed by atoms with Crippen LogP contribution in [-0.2, 0) is 11.2 Å². The Morgan fingerprint density at radius 3 is 2.87 bits per heavy atom. The topological polar surface area (TPSA) is 71.5 Å². The van der Waals surface area contributed by atoms with Crippen LogP contribution in [0.2, 0.25) is 0 Å².